The van der Waals surface area contributed by atoms with Crippen molar-refractivity contribution in [3.05, 3.63) is 48.2 Å². The van der Waals surface area contributed by atoms with Gasteiger partial charge in [0.05, 0.1) is 11.7 Å². The van der Waals surface area contributed by atoms with Crippen LogP contribution in [0.2, 0.25) is 0 Å². The van der Waals surface area contributed by atoms with Crippen LogP contribution in [0.4, 0.5) is 0 Å². The van der Waals surface area contributed by atoms with Gasteiger partial charge in [-0.25, -0.2) is 0 Å². The lowest BCUT2D eigenvalue weighted by molar-refractivity contribution is 0.100. The van der Waals surface area contributed by atoms with Crippen molar-refractivity contribution in [2.24, 2.45) is 5.73 Å². The lowest BCUT2D eigenvalue weighted by atomic mass is 10.0. The molecule has 3 rings (SSSR count). The average molecular weight is 283 g/mol. The average Bonchev–Trinajstić information content (AvgIpc) is 2.93. The number of aromatic amines is 1. The number of primary amides is 1. The van der Waals surface area contributed by atoms with Gasteiger partial charge in [-0.15, -0.1) is 11.8 Å². The number of benzene rings is 2. The van der Waals surface area contributed by atoms with Gasteiger partial charge in [0.1, 0.15) is 0 Å². The third-order valence-corrected chi connectivity index (χ3v) is 4.03. The summed E-state index contributed by atoms with van der Waals surface area (Å²) < 4.78 is 0. The molecule has 100 valence electrons. The van der Waals surface area contributed by atoms with Crippen molar-refractivity contribution < 1.29 is 4.79 Å². The molecule has 1 heterocycles. The van der Waals surface area contributed by atoms with Crippen molar-refractivity contribution in [3.8, 4) is 11.1 Å². The van der Waals surface area contributed by atoms with Gasteiger partial charge in [0.2, 0.25) is 5.91 Å². The number of H-pyrrole nitrogens is 1. The summed E-state index contributed by atoms with van der Waals surface area (Å²) in [5.74, 6) is -0.415. The zero-order valence-electron chi connectivity index (χ0n) is 10.9. The number of carbonyl (C=O) groups is 1. The minimum atomic E-state index is -0.415. The number of rotatable bonds is 3. The zero-order chi connectivity index (χ0) is 14.1. The highest BCUT2D eigenvalue weighted by Gasteiger charge is 2.09. The second-order valence-electron chi connectivity index (χ2n) is 4.45. The van der Waals surface area contributed by atoms with Crippen LogP contribution in [-0.2, 0) is 0 Å². The van der Waals surface area contributed by atoms with Gasteiger partial charge in [-0.3, -0.25) is 9.89 Å². The molecule has 2 aromatic carbocycles. The first-order valence-electron chi connectivity index (χ1n) is 6.10. The van der Waals surface area contributed by atoms with E-state index in [9.17, 15) is 4.79 Å². The van der Waals surface area contributed by atoms with E-state index in [1.54, 1.807) is 24.0 Å². The van der Waals surface area contributed by atoms with E-state index in [2.05, 4.69) is 10.2 Å². The summed E-state index contributed by atoms with van der Waals surface area (Å²) in [6.07, 6.45) is 3.80. The standard InChI is InChI=1S/C15H13N3OS/c1-20-14-5-4-10(15(16)19)6-12(14)9-2-3-11-8-17-18-13(11)7-9/h2-8H,1H3,(H2,16,19)(H,17,18). The number of amides is 1. The molecular weight excluding hydrogens is 270 g/mol. The second kappa shape index (κ2) is 5.02. The summed E-state index contributed by atoms with van der Waals surface area (Å²) in [6.45, 7) is 0. The highest BCUT2D eigenvalue weighted by Crippen LogP contribution is 2.32. The first kappa shape index (κ1) is 12.7. The van der Waals surface area contributed by atoms with Crippen molar-refractivity contribution in [1.82, 2.24) is 10.2 Å². The molecule has 3 aromatic rings. The summed E-state index contributed by atoms with van der Waals surface area (Å²) in [5, 5.41) is 8.04. The van der Waals surface area contributed by atoms with Crippen LogP contribution in [0.1, 0.15) is 10.4 Å². The van der Waals surface area contributed by atoms with Crippen LogP contribution in [-0.4, -0.2) is 22.4 Å². The lowest BCUT2D eigenvalue weighted by Gasteiger charge is -2.09. The Labute approximate surface area is 120 Å². The molecule has 4 nitrogen and oxygen atoms in total. The largest absolute Gasteiger partial charge is 0.366 e. The molecule has 1 amide bonds. The van der Waals surface area contributed by atoms with Crippen molar-refractivity contribution in [2.75, 3.05) is 6.26 Å². The fourth-order valence-electron chi connectivity index (χ4n) is 2.19. The number of aromatic nitrogens is 2. The van der Waals surface area contributed by atoms with Gasteiger partial charge in [-0.2, -0.15) is 5.10 Å². The fourth-order valence-corrected chi connectivity index (χ4v) is 2.79. The van der Waals surface area contributed by atoms with Crippen LogP contribution in [0.3, 0.4) is 0 Å². The second-order valence-corrected chi connectivity index (χ2v) is 5.30. The molecule has 1 aromatic heterocycles. The maximum atomic E-state index is 11.4. The maximum absolute atomic E-state index is 11.4. The molecule has 0 spiro atoms. The topological polar surface area (TPSA) is 71.8 Å². The van der Waals surface area contributed by atoms with Crippen molar-refractivity contribution >= 4 is 28.6 Å². The number of nitrogens with one attached hydrogen (secondary N) is 1. The van der Waals surface area contributed by atoms with E-state index in [1.165, 1.54) is 0 Å². The lowest BCUT2D eigenvalue weighted by Crippen LogP contribution is -2.10. The third kappa shape index (κ3) is 2.16. The fraction of sp³-hybridized carbons (Fsp3) is 0.0667. The minimum absolute atomic E-state index is 0.415. The van der Waals surface area contributed by atoms with Gasteiger partial charge in [0.25, 0.3) is 0 Å². The van der Waals surface area contributed by atoms with Gasteiger partial charge < -0.3 is 5.73 Å². The van der Waals surface area contributed by atoms with E-state index in [4.69, 9.17) is 5.73 Å². The van der Waals surface area contributed by atoms with E-state index in [1.807, 2.05) is 36.6 Å². The van der Waals surface area contributed by atoms with Gasteiger partial charge in [0.15, 0.2) is 0 Å². The molecule has 0 saturated heterocycles. The Morgan fingerprint density at radius 3 is 2.85 bits per heavy atom. The molecule has 0 bridgehead atoms. The van der Waals surface area contributed by atoms with Crippen molar-refractivity contribution in [3.63, 3.8) is 0 Å². The van der Waals surface area contributed by atoms with Gasteiger partial charge >= 0.3 is 0 Å². The van der Waals surface area contributed by atoms with Crippen LogP contribution in [0.25, 0.3) is 22.0 Å². The molecule has 0 aliphatic rings. The molecule has 0 atom stereocenters. The Morgan fingerprint density at radius 2 is 2.10 bits per heavy atom. The van der Waals surface area contributed by atoms with E-state index in [0.717, 1.165) is 26.9 Å². The molecule has 5 heteroatoms. The molecule has 20 heavy (non-hydrogen) atoms. The van der Waals surface area contributed by atoms with Gasteiger partial charge in [-0.05, 0) is 41.6 Å². The number of nitrogens with zero attached hydrogens (tertiary/aromatic N) is 1. The predicted molar refractivity (Wildman–Crippen MR) is 81.8 cm³/mol. The van der Waals surface area contributed by atoms with Crippen LogP contribution < -0.4 is 5.73 Å². The third-order valence-electron chi connectivity index (χ3n) is 3.24. The van der Waals surface area contributed by atoms with Crippen molar-refractivity contribution in [2.45, 2.75) is 4.90 Å². The monoisotopic (exact) mass is 283 g/mol. The Hall–Kier alpha value is -2.27. The van der Waals surface area contributed by atoms with E-state index in [0.29, 0.717) is 5.56 Å². The highest BCUT2D eigenvalue weighted by atomic mass is 32.2. The highest BCUT2D eigenvalue weighted by molar-refractivity contribution is 7.98. The summed E-state index contributed by atoms with van der Waals surface area (Å²) in [7, 11) is 0. The molecule has 0 unspecified atom stereocenters. The predicted octanol–water partition coefficient (Wildman–Crippen LogP) is 3.05. The number of hydrogen-bond donors (Lipinski definition) is 2. The molecular formula is C15H13N3OS. The Bertz CT molecular complexity index is 795. The van der Waals surface area contributed by atoms with Crippen molar-refractivity contribution in [1.29, 1.82) is 0 Å². The molecule has 0 aliphatic heterocycles. The van der Waals surface area contributed by atoms with Gasteiger partial charge in [-0.1, -0.05) is 12.1 Å². The summed E-state index contributed by atoms with van der Waals surface area (Å²) in [4.78, 5) is 12.5. The van der Waals surface area contributed by atoms with E-state index < -0.39 is 5.91 Å². The van der Waals surface area contributed by atoms with Crippen LogP contribution >= 0.6 is 11.8 Å². The SMILES string of the molecule is CSc1ccc(C(N)=O)cc1-c1ccc2cn[nH]c2c1. The number of nitrogens with two attached hydrogens (primary N) is 1. The molecule has 0 fully saturated rings. The van der Waals surface area contributed by atoms with Crippen LogP contribution in [0.5, 0.6) is 0 Å². The summed E-state index contributed by atoms with van der Waals surface area (Å²) >= 11 is 1.64. The Balaban J connectivity index is 2.20. The van der Waals surface area contributed by atoms with E-state index >= 15 is 0 Å². The molecule has 0 aliphatic carbocycles. The molecule has 0 radical (unpaired) electrons. The number of thioether (sulfide) groups is 1. The summed E-state index contributed by atoms with van der Waals surface area (Å²) in [6, 6.07) is 11.6. The number of carbonyl (C=O) groups excluding carboxylic acids is 1. The van der Waals surface area contributed by atoms with Crippen LogP contribution in [0.15, 0.2) is 47.5 Å². The molecule has 3 N–H and O–H groups in total. The van der Waals surface area contributed by atoms with Crippen LogP contribution in [0, 0.1) is 0 Å². The van der Waals surface area contributed by atoms with Gasteiger partial charge in [0, 0.05) is 15.8 Å². The normalized spacial score (nSPS) is 10.8. The minimum Gasteiger partial charge on any atom is -0.366 e. The zero-order valence-corrected chi connectivity index (χ0v) is 11.7. The van der Waals surface area contributed by atoms with E-state index in [-0.39, 0.29) is 0 Å². The maximum Gasteiger partial charge on any atom is 0.248 e. The number of fused-ring (bicyclic) bond motifs is 1. The summed E-state index contributed by atoms with van der Waals surface area (Å²) in [5.41, 5.74) is 8.89. The quantitative estimate of drug-likeness (QED) is 0.726. The first-order chi connectivity index (χ1) is 9.69. The Kier molecular flexibility index (Phi) is 3.20. The Morgan fingerprint density at radius 1 is 1.25 bits per heavy atom. The smallest absolute Gasteiger partial charge is 0.248 e. The number of hydrogen-bond acceptors (Lipinski definition) is 3. The first-order valence-corrected chi connectivity index (χ1v) is 7.33. The molecule has 0 saturated carbocycles.